The molecule has 194 valence electrons. The molecule has 1 aliphatic heterocycles. The number of rotatable bonds is 2. The van der Waals surface area contributed by atoms with Gasteiger partial charge in [0.1, 0.15) is 0 Å². The molecule has 0 amide bonds. The van der Waals surface area contributed by atoms with Crippen LogP contribution in [-0.4, -0.2) is 41.0 Å². The molecule has 0 aromatic heterocycles. The van der Waals surface area contributed by atoms with Gasteiger partial charge in [0.25, 0.3) is 0 Å². The van der Waals surface area contributed by atoms with E-state index in [2.05, 4.69) is 66.8 Å². The zero-order valence-electron chi connectivity index (χ0n) is 19.8. The number of nitrogens with one attached hydrogen (secondary N) is 1. The molecule has 0 bridgehead atoms. The van der Waals surface area contributed by atoms with Gasteiger partial charge >= 0.3 is 22.6 Å². The van der Waals surface area contributed by atoms with Crippen LogP contribution in [0.25, 0.3) is 0 Å². The van der Waals surface area contributed by atoms with E-state index < -0.39 is 15.6 Å². The fourth-order valence-corrected chi connectivity index (χ4v) is 4.45. The number of hydrogen-bond acceptors (Lipinski definition) is 4. The molecule has 3 saturated carbocycles. The molecule has 0 spiro atoms. The SMILES string of the molecule is CC1=[N+](C2CCCCC2)C([C]2[CH][CH][CH][CH]2)Nc2ccccc21.O=S(=O)([O-])C(F)(F)F.[CH]1[CH][CH][CH][CH]1.[Fe+2]. The molecule has 5 rings (SSSR count). The first-order valence-electron chi connectivity index (χ1n) is 11.5. The molecule has 4 aliphatic rings. The van der Waals surface area contributed by atoms with Crippen LogP contribution in [0.5, 0.6) is 0 Å². The normalized spacial score (nSPS) is 22.9. The minimum absolute atomic E-state index is 0. The number of hydrogen-bond donors (Lipinski definition) is 1. The topological polar surface area (TPSA) is 72.2 Å². The van der Waals surface area contributed by atoms with Crippen molar-refractivity contribution in [2.75, 3.05) is 5.32 Å². The van der Waals surface area contributed by atoms with Crippen molar-refractivity contribution < 1.29 is 47.8 Å². The van der Waals surface area contributed by atoms with Gasteiger partial charge in [-0.3, -0.25) is 0 Å². The average molecular weight is 562 g/mol. The summed E-state index contributed by atoms with van der Waals surface area (Å²) in [5.74, 6) is 1.37. The minimum Gasteiger partial charge on any atom is -0.741 e. The van der Waals surface area contributed by atoms with E-state index in [0.29, 0.717) is 6.04 Å². The summed E-state index contributed by atoms with van der Waals surface area (Å²) in [6, 6.07) is 9.37. The first-order valence-corrected chi connectivity index (χ1v) is 12.9. The molecule has 1 aromatic carbocycles. The van der Waals surface area contributed by atoms with Crippen LogP contribution in [0.3, 0.4) is 0 Å². The largest absolute Gasteiger partial charge is 2.00 e. The molecule has 5 nitrogen and oxygen atoms in total. The summed E-state index contributed by atoms with van der Waals surface area (Å²) in [5, 5.41) is 3.78. The molecule has 1 N–H and O–H groups in total. The maximum absolute atomic E-state index is 10.7. The van der Waals surface area contributed by atoms with E-state index in [4.69, 9.17) is 13.0 Å². The van der Waals surface area contributed by atoms with Crippen molar-refractivity contribution in [3.8, 4) is 0 Å². The minimum atomic E-state index is -6.09. The fraction of sp³-hybridized carbons (Fsp3) is 0.346. The van der Waals surface area contributed by atoms with Crippen LogP contribution < -0.4 is 5.32 Å². The third-order valence-electron chi connectivity index (χ3n) is 6.09. The molecule has 3 fully saturated rings. The van der Waals surface area contributed by atoms with E-state index in [0.717, 1.165) is 0 Å². The zero-order valence-corrected chi connectivity index (χ0v) is 21.7. The monoisotopic (exact) mass is 562 g/mol. The van der Waals surface area contributed by atoms with Gasteiger partial charge in [0.15, 0.2) is 21.9 Å². The number of nitrogens with zero attached hydrogens (tertiary/aromatic N) is 1. The van der Waals surface area contributed by atoms with Crippen LogP contribution in [0.4, 0.5) is 18.9 Å². The van der Waals surface area contributed by atoms with Gasteiger partial charge in [0.2, 0.25) is 6.17 Å². The van der Waals surface area contributed by atoms with Crippen LogP contribution in [-0.2, 0) is 27.2 Å². The molecule has 1 heterocycles. The van der Waals surface area contributed by atoms with Gasteiger partial charge in [-0.1, -0.05) is 18.6 Å². The Morgan fingerprint density at radius 3 is 1.92 bits per heavy atom. The average Bonchev–Trinajstić information content (AvgIpc) is 3.56. The van der Waals surface area contributed by atoms with Gasteiger partial charge in [-0.05, 0) is 82.8 Å². The molecular weight excluding hydrogens is 533 g/mol. The van der Waals surface area contributed by atoms with E-state index in [1.165, 1.54) is 55.0 Å². The van der Waals surface area contributed by atoms with Crippen LogP contribution in [0.1, 0.15) is 44.6 Å². The summed E-state index contributed by atoms with van der Waals surface area (Å²) < 4.78 is 61.6. The number of halogens is 3. The second kappa shape index (κ2) is 14.2. The standard InChI is InChI=1S/C20H23N2.C5H5.CHF3O3S.Fe/c1-15-18-13-7-8-14-19(18)21-20(16-9-5-6-10-16)22(15)17-11-3-2-4-12-17;1-2-4-5-3-1;2-1(3,4)8(5,6)7;/h5-10,13-14,17,20H,2-4,11-12H2,1H3;1-5H;(H,5,6,7);/q;;;+2. The first-order chi connectivity index (χ1) is 16.6. The number of benzene rings is 1. The fourth-order valence-electron chi connectivity index (χ4n) is 4.45. The Morgan fingerprint density at radius 1 is 0.917 bits per heavy atom. The summed E-state index contributed by atoms with van der Waals surface area (Å²) in [5.41, 5.74) is -1.60. The molecular formula is C26H29F3FeN2O3S+2. The maximum atomic E-state index is 10.7. The number of anilines is 1. The van der Waals surface area contributed by atoms with Gasteiger partial charge in [0.05, 0.1) is 17.2 Å². The third kappa shape index (κ3) is 8.47. The molecule has 10 radical (unpaired) electrons. The summed E-state index contributed by atoms with van der Waals surface area (Å²) >= 11 is 0. The van der Waals surface area contributed by atoms with E-state index >= 15 is 0 Å². The van der Waals surface area contributed by atoms with Gasteiger partial charge < -0.3 is 9.87 Å². The quantitative estimate of drug-likeness (QED) is 0.237. The van der Waals surface area contributed by atoms with Crippen molar-refractivity contribution >= 4 is 21.5 Å². The second-order valence-electron chi connectivity index (χ2n) is 8.46. The maximum Gasteiger partial charge on any atom is 2.00 e. The van der Waals surface area contributed by atoms with Crippen molar-refractivity contribution in [3.05, 3.63) is 93.5 Å². The molecule has 1 aromatic rings. The molecule has 0 saturated heterocycles. The molecule has 1 atom stereocenters. The van der Waals surface area contributed by atoms with Crippen molar-refractivity contribution in [1.82, 2.24) is 0 Å². The number of para-hydroxylation sites is 1. The van der Waals surface area contributed by atoms with Crippen LogP contribution in [0.15, 0.2) is 24.3 Å². The number of alkyl halides is 3. The Morgan fingerprint density at radius 2 is 1.42 bits per heavy atom. The first kappa shape index (κ1) is 31.1. The Kier molecular flexibility index (Phi) is 12.3. The van der Waals surface area contributed by atoms with Crippen molar-refractivity contribution in [1.29, 1.82) is 0 Å². The van der Waals surface area contributed by atoms with Gasteiger partial charge in [-0.25, -0.2) is 13.0 Å². The molecule has 10 heteroatoms. The second-order valence-corrected chi connectivity index (χ2v) is 9.83. The smallest absolute Gasteiger partial charge is 0.741 e. The molecule has 36 heavy (non-hydrogen) atoms. The van der Waals surface area contributed by atoms with E-state index in [1.807, 2.05) is 32.1 Å². The van der Waals surface area contributed by atoms with Crippen LogP contribution >= 0.6 is 0 Å². The van der Waals surface area contributed by atoms with Crippen LogP contribution in [0.2, 0.25) is 0 Å². The third-order valence-corrected chi connectivity index (χ3v) is 6.65. The van der Waals surface area contributed by atoms with E-state index in [-0.39, 0.29) is 23.2 Å². The summed E-state index contributed by atoms with van der Waals surface area (Å²) in [6.07, 6.45) is 25.8. The van der Waals surface area contributed by atoms with Crippen molar-refractivity contribution in [2.45, 2.75) is 56.7 Å². The van der Waals surface area contributed by atoms with Gasteiger partial charge in [0, 0.05) is 19.8 Å². The van der Waals surface area contributed by atoms with Crippen molar-refractivity contribution in [3.63, 3.8) is 0 Å². The Bertz CT molecular complexity index is 946. The zero-order chi connectivity index (χ0) is 25.5. The Balaban J connectivity index is 0.000000271. The van der Waals surface area contributed by atoms with Gasteiger partial charge in [-0.15, -0.1) is 0 Å². The summed E-state index contributed by atoms with van der Waals surface area (Å²) in [7, 11) is -6.09. The Hall–Kier alpha value is -1.09. The molecule has 3 aliphatic carbocycles. The summed E-state index contributed by atoms with van der Waals surface area (Å²) in [4.78, 5) is 0. The predicted octanol–water partition coefficient (Wildman–Crippen LogP) is 5.07. The summed E-state index contributed by atoms with van der Waals surface area (Å²) in [6.45, 7) is 2.30. The Labute approximate surface area is 224 Å². The van der Waals surface area contributed by atoms with Crippen molar-refractivity contribution in [2.24, 2.45) is 0 Å². The number of fused-ring (bicyclic) bond motifs is 1. The van der Waals surface area contributed by atoms with E-state index in [9.17, 15) is 13.2 Å². The predicted molar refractivity (Wildman–Crippen MR) is 128 cm³/mol. The van der Waals surface area contributed by atoms with Gasteiger partial charge in [-0.2, -0.15) is 13.2 Å². The van der Waals surface area contributed by atoms with Crippen LogP contribution in [0, 0.1) is 63.7 Å². The van der Waals surface area contributed by atoms with E-state index in [1.54, 1.807) is 0 Å². The molecule has 1 unspecified atom stereocenters.